The molecule has 30 heavy (non-hydrogen) atoms. The molecule has 158 valence electrons. The summed E-state index contributed by atoms with van der Waals surface area (Å²) in [5.41, 5.74) is 1.12. The molecule has 7 nitrogen and oxygen atoms in total. The molecule has 0 spiro atoms. The van der Waals surface area contributed by atoms with Gasteiger partial charge in [0.15, 0.2) is 15.6 Å². The Balaban J connectivity index is 2.27. The van der Waals surface area contributed by atoms with Crippen LogP contribution in [-0.2, 0) is 16.4 Å². The second-order valence-electron chi connectivity index (χ2n) is 6.80. The predicted octanol–water partition coefficient (Wildman–Crippen LogP) is 3.47. The van der Waals surface area contributed by atoms with Gasteiger partial charge in [-0.25, -0.2) is 8.42 Å². The van der Waals surface area contributed by atoms with Crippen molar-refractivity contribution in [3.8, 4) is 16.9 Å². The van der Waals surface area contributed by atoms with E-state index in [4.69, 9.17) is 16.3 Å². The molecule has 0 aliphatic rings. The lowest BCUT2D eigenvalue weighted by Crippen LogP contribution is -2.21. The standard InChI is InChI=1S/C21H21ClN2O5S/c1-5-24-21(26)15(11-23-24)20(25)14-7-9-18(30(4,27)28)19(12(14)2)13-6-8-17(29-3)16(22)10-13/h6-11,23H,5H2,1-4H3. The van der Waals surface area contributed by atoms with E-state index in [-0.39, 0.29) is 16.0 Å². The molecular formula is C21H21ClN2O5S. The summed E-state index contributed by atoms with van der Waals surface area (Å²) in [5, 5.41) is 3.06. The number of methoxy groups -OCH3 is 1. The van der Waals surface area contributed by atoms with Gasteiger partial charge in [0.25, 0.3) is 5.56 Å². The number of aromatic nitrogens is 2. The van der Waals surface area contributed by atoms with Gasteiger partial charge in [0.2, 0.25) is 0 Å². The molecule has 3 rings (SSSR count). The van der Waals surface area contributed by atoms with Crippen molar-refractivity contribution in [3.63, 3.8) is 0 Å². The summed E-state index contributed by atoms with van der Waals surface area (Å²) < 4.78 is 31.3. The van der Waals surface area contributed by atoms with Gasteiger partial charge in [-0.15, -0.1) is 0 Å². The van der Waals surface area contributed by atoms with Gasteiger partial charge < -0.3 is 9.84 Å². The molecule has 0 saturated carbocycles. The van der Waals surface area contributed by atoms with Gasteiger partial charge in [-0.2, -0.15) is 0 Å². The van der Waals surface area contributed by atoms with E-state index in [2.05, 4.69) is 5.10 Å². The summed E-state index contributed by atoms with van der Waals surface area (Å²) in [6.07, 6.45) is 2.46. The van der Waals surface area contributed by atoms with Crippen molar-refractivity contribution in [2.75, 3.05) is 13.4 Å². The largest absolute Gasteiger partial charge is 0.495 e. The van der Waals surface area contributed by atoms with E-state index in [1.807, 2.05) is 0 Å². The number of rotatable bonds is 6. The highest BCUT2D eigenvalue weighted by atomic mass is 35.5. The molecule has 1 N–H and O–H groups in total. The third-order valence-electron chi connectivity index (χ3n) is 4.91. The van der Waals surface area contributed by atoms with Crippen molar-refractivity contribution in [2.24, 2.45) is 0 Å². The lowest BCUT2D eigenvalue weighted by Gasteiger charge is -2.16. The number of hydrogen-bond acceptors (Lipinski definition) is 5. The Kier molecular flexibility index (Phi) is 5.92. The summed E-state index contributed by atoms with van der Waals surface area (Å²) in [7, 11) is -2.13. The SMILES string of the molecule is CCn1[nH]cc(C(=O)c2ccc(S(C)(=O)=O)c(-c3ccc(OC)c(Cl)c3)c2C)c1=O. The van der Waals surface area contributed by atoms with Gasteiger partial charge in [-0.05, 0) is 49.2 Å². The van der Waals surface area contributed by atoms with Crippen LogP contribution in [0.2, 0.25) is 5.02 Å². The van der Waals surface area contributed by atoms with Crippen molar-refractivity contribution >= 4 is 27.2 Å². The minimum Gasteiger partial charge on any atom is -0.495 e. The van der Waals surface area contributed by atoms with Crippen molar-refractivity contribution in [2.45, 2.75) is 25.3 Å². The number of nitrogens with one attached hydrogen (secondary N) is 1. The number of H-pyrrole nitrogens is 1. The molecule has 2 aromatic carbocycles. The molecular weight excluding hydrogens is 428 g/mol. The quantitative estimate of drug-likeness (QED) is 0.582. The molecule has 0 radical (unpaired) electrons. The van der Waals surface area contributed by atoms with Crippen LogP contribution in [0.3, 0.4) is 0 Å². The molecule has 0 aliphatic heterocycles. The minimum atomic E-state index is -3.61. The number of sulfone groups is 1. The molecule has 0 fully saturated rings. The first-order chi connectivity index (χ1) is 14.1. The molecule has 0 atom stereocenters. The van der Waals surface area contributed by atoms with Crippen LogP contribution < -0.4 is 10.3 Å². The van der Waals surface area contributed by atoms with Crippen LogP contribution in [-0.4, -0.2) is 37.3 Å². The summed E-state index contributed by atoms with van der Waals surface area (Å²) in [6.45, 7) is 3.83. The lowest BCUT2D eigenvalue weighted by molar-refractivity contribution is 0.103. The maximum absolute atomic E-state index is 13.1. The monoisotopic (exact) mass is 448 g/mol. The van der Waals surface area contributed by atoms with E-state index in [1.54, 1.807) is 32.0 Å². The first-order valence-electron chi connectivity index (χ1n) is 9.10. The van der Waals surface area contributed by atoms with Crippen LogP contribution >= 0.6 is 11.6 Å². The normalized spacial score (nSPS) is 11.5. The van der Waals surface area contributed by atoms with Crippen LogP contribution in [0.4, 0.5) is 0 Å². The highest BCUT2D eigenvalue weighted by Crippen LogP contribution is 2.37. The van der Waals surface area contributed by atoms with E-state index in [1.165, 1.54) is 30.1 Å². The number of ether oxygens (including phenoxy) is 1. The average Bonchev–Trinajstić information content (AvgIpc) is 3.06. The molecule has 3 aromatic rings. The molecule has 0 unspecified atom stereocenters. The van der Waals surface area contributed by atoms with Crippen molar-refractivity contribution < 1.29 is 17.9 Å². The Labute approximate surface area is 179 Å². The number of hydrogen-bond donors (Lipinski definition) is 1. The first kappa shape index (κ1) is 21.9. The number of ketones is 1. The number of nitrogens with zero attached hydrogens (tertiary/aromatic N) is 1. The number of aromatic amines is 1. The van der Waals surface area contributed by atoms with E-state index < -0.39 is 21.2 Å². The van der Waals surface area contributed by atoms with Crippen molar-refractivity contribution in [1.82, 2.24) is 9.78 Å². The molecule has 1 heterocycles. The van der Waals surface area contributed by atoms with E-state index >= 15 is 0 Å². The summed E-state index contributed by atoms with van der Waals surface area (Å²) >= 11 is 6.25. The van der Waals surface area contributed by atoms with Crippen molar-refractivity contribution in [3.05, 3.63) is 68.6 Å². The van der Waals surface area contributed by atoms with Gasteiger partial charge in [0.05, 0.1) is 17.0 Å². The van der Waals surface area contributed by atoms with Gasteiger partial charge in [0, 0.05) is 30.1 Å². The zero-order chi connectivity index (χ0) is 22.2. The van der Waals surface area contributed by atoms with Crippen LogP contribution in [0, 0.1) is 6.92 Å². The summed E-state index contributed by atoms with van der Waals surface area (Å²) in [5.74, 6) is -0.0412. The zero-order valence-electron chi connectivity index (χ0n) is 16.9. The third kappa shape index (κ3) is 3.80. The zero-order valence-corrected chi connectivity index (χ0v) is 18.5. The van der Waals surface area contributed by atoms with Crippen LogP contribution in [0.15, 0.2) is 46.2 Å². The van der Waals surface area contributed by atoms with Gasteiger partial charge in [-0.1, -0.05) is 17.7 Å². The second kappa shape index (κ2) is 8.12. The highest BCUT2D eigenvalue weighted by molar-refractivity contribution is 7.90. The van der Waals surface area contributed by atoms with E-state index in [0.29, 0.717) is 34.0 Å². The van der Waals surface area contributed by atoms with E-state index in [0.717, 1.165) is 6.26 Å². The van der Waals surface area contributed by atoms with E-state index in [9.17, 15) is 18.0 Å². The number of carbonyl (C=O) groups excluding carboxylic acids is 1. The Morgan fingerprint density at radius 1 is 1.20 bits per heavy atom. The molecule has 0 bridgehead atoms. The maximum atomic E-state index is 13.1. The fraction of sp³-hybridized carbons (Fsp3) is 0.238. The van der Waals surface area contributed by atoms with Gasteiger partial charge >= 0.3 is 0 Å². The van der Waals surface area contributed by atoms with Crippen LogP contribution in [0.5, 0.6) is 5.75 Å². The van der Waals surface area contributed by atoms with Crippen molar-refractivity contribution in [1.29, 1.82) is 0 Å². The maximum Gasteiger partial charge on any atom is 0.277 e. The minimum absolute atomic E-state index is 0.00855. The number of carbonyl (C=O) groups is 1. The topological polar surface area (TPSA) is 98.2 Å². The summed E-state index contributed by atoms with van der Waals surface area (Å²) in [4.78, 5) is 25.6. The number of halogens is 1. The third-order valence-corrected chi connectivity index (χ3v) is 6.35. The fourth-order valence-corrected chi connectivity index (χ4v) is 4.59. The van der Waals surface area contributed by atoms with Gasteiger partial charge in [-0.3, -0.25) is 14.3 Å². The van der Waals surface area contributed by atoms with Crippen LogP contribution in [0.1, 0.15) is 28.4 Å². The Hall–Kier alpha value is -2.84. The Bertz CT molecular complexity index is 1310. The van der Waals surface area contributed by atoms with Gasteiger partial charge in [0.1, 0.15) is 11.3 Å². The molecule has 0 aliphatic carbocycles. The summed E-state index contributed by atoms with van der Waals surface area (Å²) in [6, 6.07) is 7.71. The molecule has 0 saturated heterocycles. The van der Waals surface area contributed by atoms with Crippen LogP contribution in [0.25, 0.3) is 11.1 Å². The Morgan fingerprint density at radius 3 is 2.43 bits per heavy atom. The lowest BCUT2D eigenvalue weighted by atomic mass is 9.93. The fourth-order valence-electron chi connectivity index (χ4n) is 3.37. The Morgan fingerprint density at radius 2 is 1.90 bits per heavy atom. The highest BCUT2D eigenvalue weighted by Gasteiger charge is 2.24. The number of benzene rings is 2. The first-order valence-corrected chi connectivity index (χ1v) is 11.4. The second-order valence-corrected chi connectivity index (χ2v) is 9.19. The molecule has 1 aromatic heterocycles. The number of aryl methyl sites for hydroxylation is 1. The molecule has 0 amide bonds. The predicted molar refractivity (Wildman–Crippen MR) is 115 cm³/mol. The average molecular weight is 449 g/mol. The molecule has 9 heteroatoms. The smallest absolute Gasteiger partial charge is 0.277 e.